The van der Waals surface area contributed by atoms with E-state index >= 15 is 0 Å². The van der Waals surface area contributed by atoms with Crippen molar-refractivity contribution in [1.82, 2.24) is 14.5 Å². The monoisotopic (exact) mass is 575 g/mol. The molecule has 10 heteroatoms. The fraction of sp³-hybridized carbons (Fsp3) is 0.533. The third-order valence-corrected chi connectivity index (χ3v) is 8.00. The Kier molecular flexibility index (Phi) is 12.2. The summed E-state index contributed by atoms with van der Waals surface area (Å²) in [5.74, 6) is -0.292. The lowest BCUT2D eigenvalue weighted by atomic mass is 9.84. The maximum Gasteiger partial charge on any atom is 0.408 e. The Bertz CT molecular complexity index is 1180. The van der Waals surface area contributed by atoms with Crippen LogP contribution in [0, 0.1) is 11.3 Å². The summed E-state index contributed by atoms with van der Waals surface area (Å²) in [7, 11) is -3.61. The molecule has 0 aliphatic carbocycles. The van der Waals surface area contributed by atoms with E-state index in [2.05, 4.69) is 5.32 Å². The predicted molar refractivity (Wildman–Crippen MR) is 157 cm³/mol. The van der Waals surface area contributed by atoms with Gasteiger partial charge in [-0.1, -0.05) is 95.3 Å². The van der Waals surface area contributed by atoms with Gasteiger partial charge in [-0.3, -0.25) is 9.69 Å². The van der Waals surface area contributed by atoms with E-state index in [1.54, 1.807) is 45.0 Å². The number of rotatable bonds is 14. The summed E-state index contributed by atoms with van der Waals surface area (Å²) >= 11 is 0. The lowest BCUT2D eigenvalue weighted by Crippen LogP contribution is -2.59. The van der Waals surface area contributed by atoms with Crippen LogP contribution >= 0.6 is 0 Å². The number of carboxylic acid groups (broad SMARTS) is 1. The van der Waals surface area contributed by atoms with Crippen LogP contribution in [0.4, 0.5) is 4.79 Å². The van der Waals surface area contributed by atoms with Crippen molar-refractivity contribution in [3.05, 3.63) is 71.8 Å². The molecule has 0 spiro atoms. The lowest BCUT2D eigenvalue weighted by Gasteiger charge is -2.39. The van der Waals surface area contributed by atoms with Crippen molar-refractivity contribution in [2.45, 2.75) is 72.2 Å². The van der Waals surface area contributed by atoms with Gasteiger partial charge in [-0.25, -0.2) is 13.2 Å². The number of nitrogens with zero attached hydrogens (tertiary/aromatic N) is 2. The van der Waals surface area contributed by atoms with Crippen LogP contribution < -0.4 is 5.32 Å². The Hall–Kier alpha value is -2.95. The zero-order valence-electron chi connectivity index (χ0n) is 24.4. The summed E-state index contributed by atoms with van der Waals surface area (Å²) in [4.78, 5) is 27.4. The summed E-state index contributed by atoms with van der Waals surface area (Å²) in [6, 6.07) is 16.4. The van der Waals surface area contributed by atoms with Crippen molar-refractivity contribution >= 4 is 22.0 Å². The molecule has 0 aliphatic heterocycles. The first-order valence-corrected chi connectivity index (χ1v) is 15.5. The van der Waals surface area contributed by atoms with Gasteiger partial charge in [0.25, 0.3) is 0 Å². The van der Waals surface area contributed by atoms with Gasteiger partial charge in [-0.15, -0.1) is 0 Å². The SMILES string of the molecule is CC(C)CCN(C[C@@H](O)C(Cc1ccccc1)NC(=O)[C@@H](N(Cc1ccccc1)C(=O)O)C(C)(C)C)S(C)(=O)=O. The second kappa shape index (κ2) is 14.6. The minimum absolute atomic E-state index is 0.00843. The van der Waals surface area contributed by atoms with Crippen LogP contribution in [0.5, 0.6) is 0 Å². The van der Waals surface area contributed by atoms with E-state index in [-0.39, 0.29) is 32.0 Å². The smallest absolute Gasteiger partial charge is 0.408 e. The van der Waals surface area contributed by atoms with Crippen molar-refractivity contribution in [3.63, 3.8) is 0 Å². The van der Waals surface area contributed by atoms with Gasteiger partial charge in [-0.05, 0) is 35.3 Å². The molecule has 2 amide bonds. The number of sulfonamides is 1. The van der Waals surface area contributed by atoms with Gasteiger partial charge in [0.2, 0.25) is 15.9 Å². The van der Waals surface area contributed by atoms with E-state index in [1.807, 2.05) is 50.2 Å². The van der Waals surface area contributed by atoms with Crippen molar-refractivity contribution < 1.29 is 28.2 Å². The van der Waals surface area contributed by atoms with E-state index in [9.17, 15) is 28.2 Å². The van der Waals surface area contributed by atoms with Crippen LogP contribution in [0.3, 0.4) is 0 Å². The van der Waals surface area contributed by atoms with Gasteiger partial charge in [-0.2, -0.15) is 4.31 Å². The van der Waals surface area contributed by atoms with Crippen LogP contribution in [0.15, 0.2) is 60.7 Å². The Balaban J connectivity index is 2.40. The van der Waals surface area contributed by atoms with Gasteiger partial charge in [0.15, 0.2) is 0 Å². The molecule has 3 atom stereocenters. The van der Waals surface area contributed by atoms with Gasteiger partial charge in [0, 0.05) is 19.6 Å². The zero-order valence-corrected chi connectivity index (χ0v) is 25.3. The first-order valence-electron chi connectivity index (χ1n) is 13.6. The molecule has 3 N–H and O–H groups in total. The van der Waals surface area contributed by atoms with Crippen molar-refractivity contribution in [2.24, 2.45) is 11.3 Å². The highest BCUT2D eigenvalue weighted by Gasteiger charge is 2.41. The minimum atomic E-state index is -3.61. The molecule has 40 heavy (non-hydrogen) atoms. The van der Waals surface area contributed by atoms with Crippen molar-refractivity contribution in [3.8, 4) is 0 Å². The minimum Gasteiger partial charge on any atom is -0.465 e. The van der Waals surface area contributed by atoms with E-state index in [1.165, 1.54) is 4.31 Å². The van der Waals surface area contributed by atoms with Crippen LogP contribution in [0.2, 0.25) is 0 Å². The highest BCUT2D eigenvalue weighted by atomic mass is 32.2. The quantitative estimate of drug-likeness (QED) is 0.313. The Morgan fingerprint density at radius 3 is 1.93 bits per heavy atom. The normalized spacial score (nSPS) is 14.5. The zero-order chi connectivity index (χ0) is 30.1. The maximum absolute atomic E-state index is 13.9. The van der Waals surface area contributed by atoms with Crippen LogP contribution in [0.1, 0.15) is 52.2 Å². The summed E-state index contributed by atoms with van der Waals surface area (Å²) in [5.41, 5.74) is 0.795. The van der Waals surface area contributed by atoms with Crippen LogP contribution in [-0.2, 0) is 27.8 Å². The third-order valence-electron chi connectivity index (χ3n) is 6.73. The molecule has 2 rings (SSSR count). The highest BCUT2D eigenvalue weighted by molar-refractivity contribution is 7.88. The van der Waals surface area contributed by atoms with Gasteiger partial charge >= 0.3 is 6.09 Å². The fourth-order valence-electron chi connectivity index (χ4n) is 4.60. The second-order valence-corrected chi connectivity index (χ2v) is 13.8. The molecule has 0 fully saturated rings. The molecular formula is C30H45N3O6S. The van der Waals surface area contributed by atoms with Gasteiger partial charge in [0.05, 0.1) is 18.4 Å². The van der Waals surface area contributed by atoms with Crippen LogP contribution in [0.25, 0.3) is 0 Å². The standard InChI is InChI=1S/C30H45N3O6S/c1-22(2)17-18-32(40(6,38)39)21-26(34)25(19-23-13-9-7-10-14-23)31-28(35)27(30(3,4)5)33(29(36)37)20-24-15-11-8-12-16-24/h7-16,22,25-27,34H,17-21H2,1-6H3,(H,31,35)(H,36,37)/t25?,26-,27-/m1/s1. The number of nitrogens with one attached hydrogen (secondary N) is 1. The molecule has 1 unspecified atom stereocenters. The number of amides is 2. The summed E-state index contributed by atoms with van der Waals surface area (Å²) in [5, 5.41) is 24.4. The molecule has 0 radical (unpaired) electrons. The molecule has 222 valence electrons. The largest absolute Gasteiger partial charge is 0.465 e. The number of carbonyl (C=O) groups excluding carboxylic acids is 1. The van der Waals surface area contributed by atoms with Gasteiger partial charge in [0.1, 0.15) is 6.04 Å². The molecule has 0 bridgehead atoms. The summed E-state index contributed by atoms with van der Waals surface area (Å²) in [6.45, 7) is 9.41. The second-order valence-electron chi connectivity index (χ2n) is 11.8. The first-order chi connectivity index (χ1) is 18.6. The fourth-order valence-corrected chi connectivity index (χ4v) is 5.46. The highest BCUT2D eigenvalue weighted by Crippen LogP contribution is 2.27. The molecule has 0 saturated heterocycles. The molecule has 2 aromatic carbocycles. The molecule has 0 aliphatic rings. The van der Waals surface area contributed by atoms with E-state index in [0.717, 1.165) is 22.3 Å². The molecular weight excluding hydrogens is 530 g/mol. The number of hydrogen-bond acceptors (Lipinski definition) is 5. The number of hydrogen-bond donors (Lipinski definition) is 3. The Morgan fingerprint density at radius 2 is 1.48 bits per heavy atom. The maximum atomic E-state index is 13.9. The number of aliphatic hydroxyl groups is 1. The molecule has 0 saturated carbocycles. The molecule has 0 heterocycles. The number of aliphatic hydroxyl groups excluding tert-OH is 1. The van der Waals surface area contributed by atoms with Crippen molar-refractivity contribution in [1.29, 1.82) is 0 Å². The van der Waals surface area contributed by atoms with E-state index < -0.39 is 45.6 Å². The lowest BCUT2D eigenvalue weighted by molar-refractivity contribution is -0.131. The van der Waals surface area contributed by atoms with E-state index in [4.69, 9.17) is 0 Å². The van der Waals surface area contributed by atoms with E-state index in [0.29, 0.717) is 6.42 Å². The van der Waals surface area contributed by atoms with Crippen LogP contribution in [-0.4, -0.2) is 77.4 Å². The number of benzene rings is 2. The Labute approximate surface area is 239 Å². The topological polar surface area (TPSA) is 127 Å². The summed E-state index contributed by atoms with van der Waals surface area (Å²) in [6.07, 6.45) is -0.517. The first kappa shape index (κ1) is 33.3. The third kappa shape index (κ3) is 10.6. The Morgan fingerprint density at radius 1 is 0.950 bits per heavy atom. The average Bonchev–Trinajstić information content (AvgIpc) is 2.85. The summed E-state index contributed by atoms with van der Waals surface area (Å²) < 4.78 is 26.3. The predicted octanol–water partition coefficient (Wildman–Crippen LogP) is 3.98. The molecule has 9 nitrogen and oxygen atoms in total. The average molecular weight is 576 g/mol. The molecule has 2 aromatic rings. The molecule has 0 aromatic heterocycles. The number of carbonyl (C=O) groups is 2. The van der Waals surface area contributed by atoms with Gasteiger partial charge < -0.3 is 15.5 Å². The van der Waals surface area contributed by atoms with Crippen molar-refractivity contribution in [2.75, 3.05) is 19.3 Å².